The van der Waals surface area contributed by atoms with Crippen molar-refractivity contribution in [1.29, 1.82) is 0 Å². The molecule has 7 heteroatoms. The van der Waals surface area contributed by atoms with E-state index in [1.54, 1.807) is 20.4 Å². The molecule has 1 fully saturated rings. The van der Waals surface area contributed by atoms with Gasteiger partial charge in [0.25, 0.3) is 0 Å². The number of hydrogen-bond acceptors (Lipinski definition) is 6. The summed E-state index contributed by atoms with van der Waals surface area (Å²) in [6, 6.07) is 2.17. The number of carbonyl (C=O) groups excluding carboxylic acids is 1. The van der Waals surface area contributed by atoms with Crippen molar-refractivity contribution in [2.45, 2.75) is 24.9 Å². The number of hydrogen-bond donors (Lipinski definition) is 1. The number of amides is 1. The molecule has 1 aromatic rings. The van der Waals surface area contributed by atoms with Crippen molar-refractivity contribution in [3.63, 3.8) is 0 Å². The van der Waals surface area contributed by atoms with Crippen molar-refractivity contribution < 1.29 is 14.3 Å². The molecule has 1 saturated heterocycles. The second-order valence-electron chi connectivity index (χ2n) is 5.10. The predicted molar refractivity (Wildman–Crippen MR) is 76.9 cm³/mol. The van der Waals surface area contributed by atoms with Crippen LogP contribution in [-0.2, 0) is 16.1 Å². The van der Waals surface area contributed by atoms with E-state index >= 15 is 0 Å². The number of nitrogens with one attached hydrogen (secondary N) is 1. The molecule has 0 spiro atoms. The minimum Gasteiger partial charge on any atom is -0.467 e. The largest absolute Gasteiger partial charge is 0.467 e. The Labute approximate surface area is 124 Å². The zero-order chi connectivity index (χ0) is 15.3. The number of aromatic nitrogens is 2. The Morgan fingerprint density at radius 2 is 2.33 bits per heavy atom. The van der Waals surface area contributed by atoms with Crippen molar-refractivity contribution in [2.75, 3.05) is 34.4 Å². The van der Waals surface area contributed by atoms with Gasteiger partial charge in [0.15, 0.2) is 0 Å². The van der Waals surface area contributed by atoms with Gasteiger partial charge in [-0.05, 0) is 25.5 Å². The molecule has 1 unspecified atom stereocenters. The lowest BCUT2D eigenvalue weighted by molar-refractivity contribution is -0.135. The second kappa shape index (κ2) is 6.82. The van der Waals surface area contributed by atoms with Crippen molar-refractivity contribution in [3.8, 4) is 6.01 Å². The quantitative estimate of drug-likeness (QED) is 0.808. The van der Waals surface area contributed by atoms with Gasteiger partial charge in [-0.15, -0.1) is 0 Å². The maximum Gasteiger partial charge on any atom is 0.316 e. The molecule has 7 nitrogen and oxygen atoms in total. The fraction of sp³-hybridized carbons (Fsp3) is 0.643. The first-order valence-electron chi connectivity index (χ1n) is 6.98. The van der Waals surface area contributed by atoms with Gasteiger partial charge < -0.3 is 14.8 Å². The minimum absolute atomic E-state index is 0.0112. The third kappa shape index (κ3) is 3.14. The summed E-state index contributed by atoms with van der Waals surface area (Å²) in [7, 11) is 4.81. The molecule has 1 N–H and O–H groups in total. The summed E-state index contributed by atoms with van der Waals surface area (Å²) in [5, 5.41) is 2.75. The molecule has 1 aliphatic rings. The van der Waals surface area contributed by atoms with E-state index in [0.717, 1.165) is 25.1 Å². The molecule has 21 heavy (non-hydrogen) atoms. The van der Waals surface area contributed by atoms with Crippen LogP contribution in [0.15, 0.2) is 12.3 Å². The highest BCUT2D eigenvalue weighted by atomic mass is 16.5. The number of nitrogens with zero attached hydrogens (tertiary/aromatic N) is 3. The normalized spacial score (nSPS) is 22.2. The SMILES string of the molecule is CNC(=O)C1(COC)CCCN1Cc1ccnc(OC)n1. The van der Waals surface area contributed by atoms with Crippen LogP contribution in [0.1, 0.15) is 18.5 Å². The Hall–Kier alpha value is -1.73. The summed E-state index contributed by atoms with van der Waals surface area (Å²) in [6.45, 7) is 1.77. The first kappa shape index (κ1) is 15.7. The van der Waals surface area contributed by atoms with Gasteiger partial charge in [0.05, 0.1) is 19.4 Å². The molecule has 0 bridgehead atoms. The molecule has 0 radical (unpaired) electrons. The van der Waals surface area contributed by atoms with E-state index in [9.17, 15) is 4.79 Å². The van der Waals surface area contributed by atoms with Gasteiger partial charge >= 0.3 is 6.01 Å². The number of methoxy groups -OCH3 is 2. The summed E-state index contributed by atoms with van der Waals surface area (Å²) in [4.78, 5) is 22.8. The molecule has 116 valence electrons. The van der Waals surface area contributed by atoms with Crippen molar-refractivity contribution in [1.82, 2.24) is 20.2 Å². The van der Waals surface area contributed by atoms with E-state index in [1.807, 2.05) is 6.07 Å². The van der Waals surface area contributed by atoms with Crippen molar-refractivity contribution >= 4 is 5.91 Å². The lowest BCUT2D eigenvalue weighted by atomic mass is 9.95. The van der Waals surface area contributed by atoms with Gasteiger partial charge in [-0.1, -0.05) is 0 Å². The summed E-state index contributed by atoms with van der Waals surface area (Å²) in [5.74, 6) is -0.0112. The van der Waals surface area contributed by atoms with E-state index in [0.29, 0.717) is 19.2 Å². The fourth-order valence-electron chi connectivity index (χ4n) is 2.88. The van der Waals surface area contributed by atoms with Crippen LogP contribution in [0.25, 0.3) is 0 Å². The summed E-state index contributed by atoms with van der Waals surface area (Å²) in [6.07, 6.45) is 3.40. The Kier molecular flexibility index (Phi) is 5.08. The number of rotatable bonds is 6. The van der Waals surface area contributed by atoms with E-state index in [2.05, 4.69) is 20.2 Å². The zero-order valence-electron chi connectivity index (χ0n) is 12.8. The van der Waals surface area contributed by atoms with Gasteiger partial charge in [-0.25, -0.2) is 4.98 Å². The van der Waals surface area contributed by atoms with E-state index in [4.69, 9.17) is 9.47 Å². The van der Waals surface area contributed by atoms with Crippen LogP contribution in [0.4, 0.5) is 0 Å². The molecule has 0 aliphatic carbocycles. The molecule has 1 amide bonds. The van der Waals surface area contributed by atoms with Gasteiger partial charge in [-0.2, -0.15) is 4.98 Å². The summed E-state index contributed by atoms with van der Waals surface area (Å²) < 4.78 is 10.3. The number of carbonyl (C=O) groups is 1. The van der Waals surface area contributed by atoms with Crippen LogP contribution in [0, 0.1) is 0 Å². The highest BCUT2D eigenvalue weighted by Crippen LogP contribution is 2.31. The molecule has 1 aromatic heterocycles. The molecule has 2 heterocycles. The standard InChI is InChI=1S/C14H22N4O3/c1-15-12(19)14(10-20-2)6-4-8-18(14)9-11-5-7-16-13(17-11)21-3/h5,7H,4,6,8-10H2,1-3H3,(H,15,19). The van der Waals surface area contributed by atoms with Gasteiger partial charge in [-0.3, -0.25) is 9.69 Å². The number of ether oxygens (including phenoxy) is 2. The number of likely N-dealkylation sites (N-methyl/N-ethyl adjacent to an activating group) is 1. The molecule has 1 atom stereocenters. The van der Waals surface area contributed by atoms with Crippen molar-refractivity contribution in [3.05, 3.63) is 18.0 Å². The van der Waals surface area contributed by atoms with E-state index < -0.39 is 5.54 Å². The van der Waals surface area contributed by atoms with Crippen LogP contribution in [0.3, 0.4) is 0 Å². The van der Waals surface area contributed by atoms with Crippen LogP contribution < -0.4 is 10.1 Å². The van der Waals surface area contributed by atoms with Gasteiger partial charge in [0.1, 0.15) is 5.54 Å². The maximum atomic E-state index is 12.4. The molecule has 1 aliphatic heterocycles. The van der Waals surface area contributed by atoms with E-state index in [-0.39, 0.29) is 5.91 Å². The highest BCUT2D eigenvalue weighted by Gasteiger charge is 2.47. The number of likely N-dealkylation sites (tertiary alicyclic amines) is 1. The van der Waals surface area contributed by atoms with Crippen LogP contribution in [0.2, 0.25) is 0 Å². The summed E-state index contributed by atoms with van der Waals surface area (Å²) in [5.41, 5.74) is 0.204. The average molecular weight is 294 g/mol. The fourth-order valence-corrected chi connectivity index (χ4v) is 2.88. The highest BCUT2D eigenvalue weighted by molar-refractivity contribution is 5.86. The molecular weight excluding hydrogens is 272 g/mol. The average Bonchev–Trinajstić information content (AvgIpc) is 2.91. The maximum absolute atomic E-state index is 12.4. The zero-order valence-corrected chi connectivity index (χ0v) is 12.8. The molecule has 2 rings (SSSR count). The minimum atomic E-state index is -0.623. The first-order valence-corrected chi connectivity index (χ1v) is 6.98. The Bertz CT molecular complexity index is 497. The van der Waals surface area contributed by atoms with Gasteiger partial charge in [0.2, 0.25) is 5.91 Å². The third-order valence-electron chi connectivity index (χ3n) is 3.88. The summed E-state index contributed by atoms with van der Waals surface area (Å²) >= 11 is 0. The Morgan fingerprint density at radius 3 is 3.00 bits per heavy atom. The molecule has 0 aromatic carbocycles. The lowest BCUT2D eigenvalue weighted by Crippen LogP contribution is -2.57. The second-order valence-corrected chi connectivity index (χ2v) is 5.10. The Morgan fingerprint density at radius 1 is 1.52 bits per heavy atom. The van der Waals surface area contributed by atoms with E-state index in [1.165, 1.54) is 7.11 Å². The van der Waals surface area contributed by atoms with Crippen LogP contribution in [0.5, 0.6) is 6.01 Å². The molecule has 0 saturated carbocycles. The smallest absolute Gasteiger partial charge is 0.316 e. The molecular formula is C14H22N4O3. The van der Waals surface area contributed by atoms with Crippen LogP contribution in [-0.4, -0.2) is 60.7 Å². The lowest BCUT2D eigenvalue weighted by Gasteiger charge is -2.36. The van der Waals surface area contributed by atoms with Gasteiger partial charge in [0, 0.05) is 26.9 Å². The van der Waals surface area contributed by atoms with Crippen molar-refractivity contribution in [2.24, 2.45) is 0 Å². The van der Waals surface area contributed by atoms with Crippen LogP contribution >= 0.6 is 0 Å². The predicted octanol–water partition coefficient (Wildman–Crippen LogP) is 0.212. The first-order chi connectivity index (χ1) is 10.2. The topological polar surface area (TPSA) is 76.6 Å². The Balaban J connectivity index is 2.21. The third-order valence-corrected chi connectivity index (χ3v) is 3.88. The monoisotopic (exact) mass is 294 g/mol.